The molecule has 0 bridgehead atoms. The van der Waals surface area contributed by atoms with Crippen LogP contribution < -0.4 is 10.6 Å². The molecule has 0 radical (unpaired) electrons. The zero-order chi connectivity index (χ0) is 16.1. The molecule has 0 aliphatic heterocycles. The van der Waals surface area contributed by atoms with E-state index in [1.807, 2.05) is 24.4 Å². The first-order valence-electron chi connectivity index (χ1n) is 6.63. The first-order chi connectivity index (χ1) is 11.2. The largest absolute Gasteiger partial charge is 0.467 e. The van der Waals surface area contributed by atoms with Crippen molar-refractivity contribution in [3.8, 4) is 0 Å². The van der Waals surface area contributed by atoms with Gasteiger partial charge in [-0.1, -0.05) is 23.1 Å². The highest BCUT2D eigenvalue weighted by Gasteiger charge is 2.10. The number of aryl methyl sites for hydroxylation is 1. The van der Waals surface area contributed by atoms with Gasteiger partial charge in [-0.3, -0.25) is 4.79 Å². The van der Waals surface area contributed by atoms with Crippen molar-refractivity contribution in [3.05, 3.63) is 35.2 Å². The van der Waals surface area contributed by atoms with E-state index >= 15 is 0 Å². The molecule has 3 aromatic heterocycles. The lowest BCUT2D eigenvalue weighted by atomic mass is 10.4. The number of hydrogen-bond donors (Lipinski definition) is 2. The van der Waals surface area contributed by atoms with Crippen LogP contribution in [0.25, 0.3) is 0 Å². The lowest BCUT2D eigenvalue weighted by Gasteiger charge is -1.99. The maximum absolute atomic E-state index is 11.8. The number of furan rings is 1. The Labute approximate surface area is 144 Å². The number of amides is 1. The molecule has 3 aromatic rings. The minimum Gasteiger partial charge on any atom is -0.467 e. The predicted molar refractivity (Wildman–Crippen MR) is 92.1 cm³/mol. The molecule has 1 amide bonds. The van der Waals surface area contributed by atoms with Gasteiger partial charge < -0.3 is 15.1 Å². The summed E-state index contributed by atoms with van der Waals surface area (Å²) in [6.45, 7) is 2.44. The van der Waals surface area contributed by atoms with Crippen molar-refractivity contribution in [3.63, 3.8) is 0 Å². The van der Waals surface area contributed by atoms with Crippen molar-refractivity contribution >= 4 is 50.6 Å². The van der Waals surface area contributed by atoms with Crippen molar-refractivity contribution in [2.24, 2.45) is 0 Å². The molecular formula is C13H13N5O2S3. The molecule has 0 unspecified atom stereocenters. The molecule has 0 aliphatic rings. The van der Waals surface area contributed by atoms with Gasteiger partial charge in [-0.15, -0.1) is 21.5 Å². The van der Waals surface area contributed by atoms with E-state index in [0.29, 0.717) is 16.8 Å². The molecule has 0 saturated heterocycles. The highest BCUT2D eigenvalue weighted by atomic mass is 32.2. The number of anilines is 2. The second-order valence-corrected chi connectivity index (χ2v) is 7.50. The number of carbonyl (C=O) groups is 1. The van der Waals surface area contributed by atoms with Crippen LogP contribution in [0.3, 0.4) is 0 Å². The molecule has 0 fully saturated rings. The standard InChI is InChI=1S/C13H13N5O2S3/c1-8-6-21-12(15-8)16-10(19)7-22-13-18-17-11(23-13)14-5-9-3-2-4-20-9/h2-4,6H,5,7H2,1H3,(H,14,17)(H,15,16,19). The van der Waals surface area contributed by atoms with Gasteiger partial charge in [0.2, 0.25) is 11.0 Å². The maximum atomic E-state index is 11.8. The normalized spacial score (nSPS) is 10.7. The van der Waals surface area contributed by atoms with E-state index in [2.05, 4.69) is 25.8 Å². The van der Waals surface area contributed by atoms with Crippen LogP contribution in [0.5, 0.6) is 0 Å². The van der Waals surface area contributed by atoms with Crippen LogP contribution in [0.15, 0.2) is 32.5 Å². The molecule has 2 N–H and O–H groups in total. The number of nitrogens with one attached hydrogen (secondary N) is 2. The molecular weight excluding hydrogens is 354 g/mol. The summed E-state index contributed by atoms with van der Waals surface area (Å²) >= 11 is 4.16. The summed E-state index contributed by atoms with van der Waals surface area (Å²) in [5, 5.41) is 17.2. The average Bonchev–Trinajstić information content (AvgIpc) is 3.25. The van der Waals surface area contributed by atoms with Gasteiger partial charge in [-0.2, -0.15) is 0 Å². The minimum absolute atomic E-state index is 0.107. The first-order valence-corrected chi connectivity index (χ1v) is 9.32. The van der Waals surface area contributed by atoms with Gasteiger partial charge >= 0.3 is 0 Å². The summed E-state index contributed by atoms with van der Waals surface area (Å²) in [5.74, 6) is 0.989. The fourth-order valence-corrected chi connectivity index (χ4v) is 3.86. The summed E-state index contributed by atoms with van der Waals surface area (Å²) in [6.07, 6.45) is 1.63. The van der Waals surface area contributed by atoms with Crippen molar-refractivity contribution in [2.75, 3.05) is 16.4 Å². The smallest absolute Gasteiger partial charge is 0.236 e. The SMILES string of the molecule is Cc1csc(NC(=O)CSc2nnc(NCc3ccco3)s2)n1. The van der Waals surface area contributed by atoms with Gasteiger partial charge in [0.25, 0.3) is 0 Å². The Morgan fingerprint density at radius 3 is 3.04 bits per heavy atom. The fraction of sp³-hybridized carbons (Fsp3) is 0.231. The molecule has 7 nitrogen and oxygen atoms in total. The Hall–Kier alpha value is -1.91. The van der Waals surface area contributed by atoms with Gasteiger partial charge in [0.05, 0.1) is 24.3 Å². The number of thioether (sulfide) groups is 1. The van der Waals surface area contributed by atoms with Crippen LogP contribution in [-0.2, 0) is 11.3 Å². The van der Waals surface area contributed by atoms with E-state index in [1.165, 1.54) is 34.4 Å². The third-order valence-corrected chi connectivity index (χ3v) is 5.48. The molecule has 23 heavy (non-hydrogen) atoms. The zero-order valence-electron chi connectivity index (χ0n) is 12.1. The quantitative estimate of drug-likeness (QED) is 0.619. The average molecular weight is 367 g/mol. The van der Waals surface area contributed by atoms with Crippen LogP contribution in [0.1, 0.15) is 11.5 Å². The number of thiazole rings is 1. The van der Waals surface area contributed by atoms with E-state index in [0.717, 1.165) is 15.8 Å². The second kappa shape index (κ2) is 7.57. The third kappa shape index (κ3) is 4.78. The summed E-state index contributed by atoms with van der Waals surface area (Å²) in [7, 11) is 0. The van der Waals surface area contributed by atoms with E-state index in [1.54, 1.807) is 6.26 Å². The van der Waals surface area contributed by atoms with Crippen LogP contribution in [0, 0.1) is 6.92 Å². The van der Waals surface area contributed by atoms with Crippen molar-refractivity contribution in [1.29, 1.82) is 0 Å². The molecule has 0 spiro atoms. The van der Waals surface area contributed by atoms with Gasteiger partial charge in [-0.25, -0.2) is 4.98 Å². The Kier molecular flexibility index (Phi) is 5.26. The lowest BCUT2D eigenvalue weighted by Crippen LogP contribution is -2.13. The molecule has 3 heterocycles. The Bertz CT molecular complexity index is 768. The van der Waals surface area contributed by atoms with Gasteiger partial charge in [0, 0.05) is 5.38 Å². The first kappa shape index (κ1) is 16.0. The van der Waals surface area contributed by atoms with Gasteiger partial charge in [-0.05, 0) is 19.1 Å². The topological polar surface area (TPSA) is 92.9 Å². The van der Waals surface area contributed by atoms with Crippen LogP contribution in [-0.4, -0.2) is 26.8 Å². The molecule has 0 aliphatic carbocycles. The van der Waals surface area contributed by atoms with Crippen molar-refractivity contribution in [1.82, 2.24) is 15.2 Å². The van der Waals surface area contributed by atoms with E-state index in [-0.39, 0.29) is 11.7 Å². The number of hydrogen-bond acceptors (Lipinski definition) is 9. The third-order valence-electron chi connectivity index (χ3n) is 2.59. The summed E-state index contributed by atoms with van der Waals surface area (Å²) in [5.41, 5.74) is 0.898. The van der Waals surface area contributed by atoms with Gasteiger partial charge in [0.1, 0.15) is 5.76 Å². The number of aromatic nitrogens is 3. The number of rotatable bonds is 7. The van der Waals surface area contributed by atoms with E-state index in [9.17, 15) is 4.79 Å². The van der Waals surface area contributed by atoms with Crippen molar-refractivity contribution in [2.45, 2.75) is 17.8 Å². The van der Waals surface area contributed by atoms with Crippen LogP contribution in [0.4, 0.5) is 10.3 Å². The molecule has 120 valence electrons. The minimum atomic E-state index is -0.107. The molecule has 0 atom stereocenters. The number of nitrogens with zero attached hydrogens (tertiary/aromatic N) is 3. The molecule has 3 rings (SSSR count). The molecule has 10 heteroatoms. The van der Waals surface area contributed by atoms with E-state index in [4.69, 9.17) is 4.42 Å². The predicted octanol–water partition coefficient (Wildman–Crippen LogP) is 3.24. The Morgan fingerprint density at radius 1 is 1.39 bits per heavy atom. The maximum Gasteiger partial charge on any atom is 0.236 e. The Morgan fingerprint density at radius 2 is 2.30 bits per heavy atom. The molecule has 0 saturated carbocycles. The number of carbonyl (C=O) groups excluding carboxylic acids is 1. The summed E-state index contributed by atoms with van der Waals surface area (Å²) < 4.78 is 5.96. The highest BCUT2D eigenvalue weighted by molar-refractivity contribution is 8.01. The summed E-state index contributed by atoms with van der Waals surface area (Å²) in [4.78, 5) is 16.0. The monoisotopic (exact) mass is 367 g/mol. The van der Waals surface area contributed by atoms with Crippen LogP contribution in [0.2, 0.25) is 0 Å². The highest BCUT2D eigenvalue weighted by Crippen LogP contribution is 2.26. The zero-order valence-corrected chi connectivity index (χ0v) is 14.6. The van der Waals surface area contributed by atoms with Crippen molar-refractivity contribution < 1.29 is 9.21 Å². The molecule has 0 aromatic carbocycles. The van der Waals surface area contributed by atoms with E-state index < -0.39 is 0 Å². The lowest BCUT2D eigenvalue weighted by molar-refractivity contribution is -0.113. The fourth-order valence-electron chi connectivity index (χ4n) is 1.61. The Balaban J connectivity index is 1.44. The van der Waals surface area contributed by atoms with Crippen LogP contribution >= 0.6 is 34.4 Å². The van der Waals surface area contributed by atoms with Gasteiger partial charge in [0.15, 0.2) is 9.47 Å². The second-order valence-electron chi connectivity index (χ2n) is 4.44. The summed E-state index contributed by atoms with van der Waals surface area (Å²) in [6, 6.07) is 3.72.